The summed E-state index contributed by atoms with van der Waals surface area (Å²) in [6.45, 7) is 3.59. The van der Waals surface area contributed by atoms with Crippen molar-refractivity contribution in [1.29, 1.82) is 0 Å². The molecular weight excluding hydrogens is 178 g/mol. The lowest BCUT2D eigenvalue weighted by molar-refractivity contribution is 0.267. The largest absolute Gasteiger partial charge is 0.461 e. The first kappa shape index (κ1) is 10.3. The molecule has 1 aromatic rings. The molecule has 0 spiro atoms. The first-order valence-corrected chi connectivity index (χ1v) is 4.32. The molecule has 1 atom stereocenters. The Bertz CT molecular complexity index is 357. The molecule has 0 saturated carbocycles. The van der Waals surface area contributed by atoms with Gasteiger partial charge in [0.25, 0.3) is 0 Å². The average molecular weight is 191 g/mol. The summed E-state index contributed by atoms with van der Waals surface area (Å²) in [4.78, 5) is 8.23. The monoisotopic (exact) mass is 191 g/mol. The Labute approximate surface area is 83.7 Å². The number of nitrogens with zero attached hydrogens (tertiary/aromatic N) is 2. The zero-order valence-corrected chi connectivity index (χ0v) is 8.53. The average Bonchev–Trinajstić information content (AvgIpc) is 2.16. The number of terminal acetylenes is 1. The standard InChI is InChI=1S/C10H13N3O/c1-5-7(2)14-10-6-9(11-4)12-8(3)13-10/h1,6-7H,2-4H3,(H,11,12,13). The lowest BCUT2D eigenvalue weighted by atomic mass is 10.4. The summed E-state index contributed by atoms with van der Waals surface area (Å²) in [6.07, 6.45) is 4.91. The van der Waals surface area contributed by atoms with E-state index in [9.17, 15) is 0 Å². The van der Waals surface area contributed by atoms with E-state index in [0.29, 0.717) is 11.7 Å². The molecule has 1 aromatic heterocycles. The first-order valence-electron chi connectivity index (χ1n) is 4.32. The molecular formula is C10H13N3O. The Morgan fingerprint density at radius 3 is 2.86 bits per heavy atom. The van der Waals surface area contributed by atoms with E-state index in [2.05, 4.69) is 21.2 Å². The summed E-state index contributed by atoms with van der Waals surface area (Å²) in [6, 6.07) is 1.71. The molecule has 4 heteroatoms. The molecule has 4 nitrogen and oxygen atoms in total. The van der Waals surface area contributed by atoms with Crippen molar-refractivity contribution >= 4 is 5.82 Å². The topological polar surface area (TPSA) is 47.0 Å². The van der Waals surface area contributed by atoms with Crippen molar-refractivity contribution in [2.45, 2.75) is 20.0 Å². The van der Waals surface area contributed by atoms with Crippen molar-refractivity contribution < 1.29 is 4.74 Å². The number of nitrogens with one attached hydrogen (secondary N) is 1. The van der Waals surface area contributed by atoms with Crippen molar-refractivity contribution in [2.75, 3.05) is 12.4 Å². The van der Waals surface area contributed by atoms with Gasteiger partial charge in [-0.05, 0) is 13.8 Å². The maximum absolute atomic E-state index is 5.36. The van der Waals surface area contributed by atoms with Crippen LogP contribution in [0.1, 0.15) is 12.7 Å². The van der Waals surface area contributed by atoms with Gasteiger partial charge in [-0.1, -0.05) is 5.92 Å². The molecule has 1 N–H and O–H groups in total. The molecule has 1 unspecified atom stereocenters. The second kappa shape index (κ2) is 4.47. The molecule has 0 radical (unpaired) electrons. The van der Waals surface area contributed by atoms with Crippen LogP contribution in [0.2, 0.25) is 0 Å². The van der Waals surface area contributed by atoms with Gasteiger partial charge in [-0.3, -0.25) is 0 Å². The highest BCUT2D eigenvalue weighted by molar-refractivity contribution is 5.37. The van der Waals surface area contributed by atoms with Gasteiger partial charge < -0.3 is 10.1 Å². The van der Waals surface area contributed by atoms with Crippen molar-refractivity contribution in [3.63, 3.8) is 0 Å². The molecule has 0 aromatic carbocycles. The normalized spacial score (nSPS) is 11.6. The summed E-state index contributed by atoms with van der Waals surface area (Å²) in [7, 11) is 1.79. The predicted octanol–water partition coefficient (Wildman–Crippen LogP) is 1.23. The Morgan fingerprint density at radius 2 is 2.29 bits per heavy atom. The molecule has 1 rings (SSSR count). The molecule has 0 aliphatic carbocycles. The van der Waals surface area contributed by atoms with Crippen LogP contribution < -0.4 is 10.1 Å². The van der Waals surface area contributed by atoms with E-state index in [4.69, 9.17) is 11.2 Å². The van der Waals surface area contributed by atoms with Crippen LogP contribution in [0, 0.1) is 19.3 Å². The molecule has 1 heterocycles. The van der Waals surface area contributed by atoms with Crippen LogP contribution in [0.25, 0.3) is 0 Å². The van der Waals surface area contributed by atoms with Gasteiger partial charge in [0.2, 0.25) is 5.88 Å². The van der Waals surface area contributed by atoms with Crippen LogP contribution in [0.4, 0.5) is 5.82 Å². The third-order valence-corrected chi connectivity index (χ3v) is 1.60. The highest BCUT2D eigenvalue weighted by atomic mass is 16.5. The third-order valence-electron chi connectivity index (χ3n) is 1.60. The SMILES string of the molecule is C#CC(C)Oc1cc(NC)nc(C)n1. The molecule has 0 aliphatic rings. The van der Waals surface area contributed by atoms with Crippen LogP contribution in [0.15, 0.2) is 6.07 Å². The van der Waals surface area contributed by atoms with E-state index in [-0.39, 0.29) is 6.10 Å². The van der Waals surface area contributed by atoms with E-state index in [1.165, 1.54) is 0 Å². The van der Waals surface area contributed by atoms with Crippen LogP contribution in [0.5, 0.6) is 5.88 Å². The number of ether oxygens (including phenoxy) is 1. The fourth-order valence-electron chi connectivity index (χ4n) is 0.944. The summed E-state index contributed by atoms with van der Waals surface area (Å²) >= 11 is 0. The maximum Gasteiger partial charge on any atom is 0.219 e. The molecule has 74 valence electrons. The van der Waals surface area contributed by atoms with Gasteiger partial charge in [-0.25, -0.2) is 4.98 Å². The van der Waals surface area contributed by atoms with Crippen molar-refractivity contribution in [3.8, 4) is 18.2 Å². The molecule has 0 bridgehead atoms. The molecule has 0 amide bonds. The minimum atomic E-state index is -0.283. The summed E-state index contributed by atoms with van der Waals surface area (Å²) in [5, 5.41) is 2.92. The van der Waals surface area contributed by atoms with E-state index >= 15 is 0 Å². The van der Waals surface area contributed by atoms with E-state index in [0.717, 1.165) is 5.82 Å². The first-order chi connectivity index (χ1) is 6.65. The fourth-order valence-corrected chi connectivity index (χ4v) is 0.944. The second-order valence-electron chi connectivity index (χ2n) is 2.82. The number of hydrogen-bond acceptors (Lipinski definition) is 4. The fraction of sp³-hybridized carbons (Fsp3) is 0.400. The van der Waals surface area contributed by atoms with Crippen LogP contribution in [0.3, 0.4) is 0 Å². The molecule has 0 aliphatic heterocycles. The zero-order valence-electron chi connectivity index (χ0n) is 8.53. The number of anilines is 1. The predicted molar refractivity (Wildman–Crippen MR) is 55.2 cm³/mol. The minimum Gasteiger partial charge on any atom is -0.461 e. The van der Waals surface area contributed by atoms with E-state index in [1.54, 1.807) is 27.0 Å². The lowest BCUT2D eigenvalue weighted by Crippen LogP contribution is -2.10. The molecule has 0 saturated heterocycles. The van der Waals surface area contributed by atoms with Crippen molar-refractivity contribution in [3.05, 3.63) is 11.9 Å². The van der Waals surface area contributed by atoms with Crippen LogP contribution >= 0.6 is 0 Å². The van der Waals surface area contributed by atoms with E-state index in [1.807, 2.05) is 0 Å². The van der Waals surface area contributed by atoms with Gasteiger partial charge in [0.1, 0.15) is 11.6 Å². The second-order valence-corrected chi connectivity index (χ2v) is 2.82. The summed E-state index contributed by atoms with van der Waals surface area (Å²) in [5.74, 6) is 4.33. The Kier molecular flexibility index (Phi) is 3.29. The van der Waals surface area contributed by atoms with Gasteiger partial charge in [0.05, 0.1) is 0 Å². The Morgan fingerprint density at radius 1 is 1.57 bits per heavy atom. The smallest absolute Gasteiger partial charge is 0.219 e. The van der Waals surface area contributed by atoms with E-state index < -0.39 is 0 Å². The summed E-state index contributed by atoms with van der Waals surface area (Å²) in [5.41, 5.74) is 0. The summed E-state index contributed by atoms with van der Waals surface area (Å²) < 4.78 is 5.36. The Balaban J connectivity index is 2.87. The van der Waals surface area contributed by atoms with Crippen molar-refractivity contribution in [2.24, 2.45) is 0 Å². The Hall–Kier alpha value is -1.76. The number of rotatable bonds is 3. The molecule has 14 heavy (non-hydrogen) atoms. The van der Waals surface area contributed by atoms with Crippen LogP contribution in [-0.4, -0.2) is 23.1 Å². The van der Waals surface area contributed by atoms with Gasteiger partial charge >= 0.3 is 0 Å². The van der Waals surface area contributed by atoms with Gasteiger partial charge in [0.15, 0.2) is 6.10 Å². The highest BCUT2D eigenvalue weighted by Crippen LogP contribution is 2.13. The molecule has 0 fully saturated rings. The number of aromatic nitrogens is 2. The minimum absolute atomic E-state index is 0.283. The van der Waals surface area contributed by atoms with Crippen molar-refractivity contribution in [1.82, 2.24) is 9.97 Å². The number of aryl methyl sites for hydroxylation is 1. The van der Waals surface area contributed by atoms with Gasteiger partial charge in [-0.15, -0.1) is 6.42 Å². The number of hydrogen-bond donors (Lipinski definition) is 1. The lowest BCUT2D eigenvalue weighted by Gasteiger charge is -2.09. The highest BCUT2D eigenvalue weighted by Gasteiger charge is 2.04. The van der Waals surface area contributed by atoms with Crippen LogP contribution in [-0.2, 0) is 0 Å². The van der Waals surface area contributed by atoms with Gasteiger partial charge in [-0.2, -0.15) is 4.98 Å². The third kappa shape index (κ3) is 2.63. The van der Waals surface area contributed by atoms with Gasteiger partial charge in [0, 0.05) is 13.1 Å². The zero-order chi connectivity index (χ0) is 10.6. The maximum atomic E-state index is 5.36. The quantitative estimate of drug-likeness (QED) is 0.730.